The SMILES string of the molecule is O=C(NC[C@H]1C[C@@H]2C[C@H]1[C@@H](O)[C@H]2O)c1ccc2c(n1)CCC2. The fourth-order valence-corrected chi connectivity index (χ4v) is 4.53. The molecule has 0 aliphatic heterocycles. The summed E-state index contributed by atoms with van der Waals surface area (Å²) in [6.07, 6.45) is 3.72. The Bertz CT molecular complexity index is 602. The second kappa shape index (κ2) is 5.32. The normalized spacial score (nSPS) is 35.6. The molecule has 22 heavy (non-hydrogen) atoms. The van der Waals surface area contributed by atoms with Gasteiger partial charge in [0, 0.05) is 12.2 Å². The Kier molecular flexibility index (Phi) is 3.42. The molecule has 3 N–H and O–H groups in total. The van der Waals surface area contributed by atoms with Gasteiger partial charge in [0.25, 0.3) is 5.91 Å². The zero-order valence-corrected chi connectivity index (χ0v) is 12.5. The Morgan fingerprint density at radius 3 is 2.86 bits per heavy atom. The summed E-state index contributed by atoms with van der Waals surface area (Å²) in [6.45, 7) is 0.558. The Morgan fingerprint density at radius 2 is 2.09 bits per heavy atom. The first-order chi connectivity index (χ1) is 10.6. The van der Waals surface area contributed by atoms with Crippen molar-refractivity contribution in [3.63, 3.8) is 0 Å². The van der Waals surface area contributed by atoms with Crippen LogP contribution >= 0.6 is 0 Å². The molecule has 3 aliphatic carbocycles. The van der Waals surface area contributed by atoms with Crippen LogP contribution in [0.1, 0.15) is 41.0 Å². The molecule has 0 unspecified atom stereocenters. The number of nitrogens with one attached hydrogen (secondary N) is 1. The minimum Gasteiger partial charge on any atom is -0.390 e. The molecule has 1 aromatic rings. The molecular formula is C17H22N2O3. The summed E-state index contributed by atoms with van der Waals surface area (Å²) in [4.78, 5) is 16.7. The quantitative estimate of drug-likeness (QED) is 0.767. The predicted octanol–water partition coefficient (Wildman–Crippen LogP) is 0.678. The number of aliphatic hydroxyl groups is 2. The van der Waals surface area contributed by atoms with Gasteiger partial charge >= 0.3 is 0 Å². The molecule has 2 fully saturated rings. The second-order valence-electron chi connectivity index (χ2n) is 7.00. The van der Waals surface area contributed by atoms with Gasteiger partial charge in [-0.2, -0.15) is 0 Å². The van der Waals surface area contributed by atoms with Crippen LogP contribution in [0, 0.1) is 17.8 Å². The van der Waals surface area contributed by atoms with Gasteiger partial charge in [-0.3, -0.25) is 4.79 Å². The number of pyridine rings is 1. The number of carbonyl (C=O) groups excluding carboxylic acids is 1. The first kappa shape index (κ1) is 14.2. The third-order valence-electron chi connectivity index (χ3n) is 5.74. The van der Waals surface area contributed by atoms with Crippen LogP contribution < -0.4 is 5.32 Å². The lowest BCUT2D eigenvalue weighted by atomic mass is 9.85. The van der Waals surface area contributed by atoms with Gasteiger partial charge in [0.1, 0.15) is 5.69 Å². The van der Waals surface area contributed by atoms with Crippen molar-refractivity contribution in [2.24, 2.45) is 17.8 Å². The summed E-state index contributed by atoms with van der Waals surface area (Å²) in [6, 6.07) is 3.82. The van der Waals surface area contributed by atoms with Crippen molar-refractivity contribution < 1.29 is 15.0 Å². The van der Waals surface area contributed by atoms with Crippen LogP contribution in [0.15, 0.2) is 12.1 Å². The molecule has 0 saturated heterocycles. The van der Waals surface area contributed by atoms with E-state index in [0.29, 0.717) is 12.2 Å². The number of aromatic nitrogens is 1. The summed E-state index contributed by atoms with van der Waals surface area (Å²) in [7, 11) is 0. The van der Waals surface area contributed by atoms with E-state index in [1.54, 1.807) is 6.07 Å². The Balaban J connectivity index is 1.37. The van der Waals surface area contributed by atoms with Crippen molar-refractivity contribution in [2.75, 3.05) is 6.54 Å². The number of hydrogen-bond donors (Lipinski definition) is 3. The topological polar surface area (TPSA) is 82.5 Å². The minimum absolute atomic E-state index is 0.119. The van der Waals surface area contributed by atoms with Crippen LogP contribution in [0.2, 0.25) is 0 Å². The maximum atomic E-state index is 12.3. The molecule has 1 aromatic heterocycles. The maximum Gasteiger partial charge on any atom is 0.269 e. The fraction of sp³-hybridized carbons (Fsp3) is 0.647. The number of aryl methyl sites for hydroxylation is 2. The molecule has 3 aliphatic rings. The number of nitrogens with zero attached hydrogens (tertiary/aromatic N) is 1. The highest BCUT2D eigenvalue weighted by Gasteiger charge is 2.51. The Hall–Kier alpha value is -1.46. The van der Waals surface area contributed by atoms with E-state index in [4.69, 9.17) is 0 Å². The van der Waals surface area contributed by atoms with E-state index < -0.39 is 12.2 Å². The Labute approximate surface area is 129 Å². The number of amides is 1. The van der Waals surface area contributed by atoms with Crippen molar-refractivity contribution >= 4 is 5.91 Å². The highest BCUT2D eigenvalue weighted by Crippen LogP contribution is 2.48. The number of fused-ring (bicyclic) bond motifs is 3. The molecule has 0 aromatic carbocycles. The predicted molar refractivity (Wildman–Crippen MR) is 80.3 cm³/mol. The first-order valence-electron chi connectivity index (χ1n) is 8.26. The lowest BCUT2D eigenvalue weighted by Crippen LogP contribution is -2.41. The molecule has 118 valence electrons. The zero-order chi connectivity index (χ0) is 15.3. The number of hydrogen-bond acceptors (Lipinski definition) is 4. The lowest BCUT2D eigenvalue weighted by molar-refractivity contribution is -0.0332. The van der Waals surface area contributed by atoms with Crippen LogP contribution in [0.25, 0.3) is 0 Å². The summed E-state index contributed by atoms with van der Waals surface area (Å²) in [5, 5.41) is 22.7. The largest absolute Gasteiger partial charge is 0.390 e. The van der Waals surface area contributed by atoms with Gasteiger partial charge < -0.3 is 15.5 Å². The van der Waals surface area contributed by atoms with Gasteiger partial charge in [-0.1, -0.05) is 6.07 Å². The number of aliphatic hydroxyl groups excluding tert-OH is 2. The van der Waals surface area contributed by atoms with Crippen LogP contribution in [0.4, 0.5) is 0 Å². The van der Waals surface area contributed by atoms with Gasteiger partial charge in [0.05, 0.1) is 12.2 Å². The number of rotatable bonds is 3. The maximum absolute atomic E-state index is 12.3. The summed E-state index contributed by atoms with van der Waals surface area (Å²) in [5.41, 5.74) is 2.82. The van der Waals surface area contributed by atoms with Crippen molar-refractivity contribution in [1.82, 2.24) is 10.3 Å². The number of carbonyl (C=O) groups is 1. The monoisotopic (exact) mass is 302 g/mol. The summed E-state index contributed by atoms with van der Waals surface area (Å²) >= 11 is 0. The average Bonchev–Trinajstić information content (AvgIpc) is 3.21. The standard InChI is InChI=1S/C17H22N2O3/c20-15-10-6-11(12(7-10)16(15)21)8-18-17(22)14-5-4-9-2-1-3-13(9)19-14/h4-5,10-12,15-16,20-21H,1-3,6-8H2,(H,18,22)/t10-,11-,12-,15+,16-/m1/s1. The molecule has 5 nitrogen and oxygen atoms in total. The van der Waals surface area contributed by atoms with Crippen LogP contribution in [-0.2, 0) is 12.8 Å². The van der Waals surface area contributed by atoms with Gasteiger partial charge in [0.15, 0.2) is 0 Å². The summed E-state index contributed by atoms with van der Waals surface area (Å²) in [5.74, 6) is 0.447. The first-order valence-corrected chi connectivity index (χ1v) is 8.26. The fourth-order valence-electron chi connectivity index (χ4n) is 4.53. The highest BCUT2D eigenvalue weighted by molar-refractivity contribution is 5.92. The zero-order valence-electron chi connectivity index (χ0n) is 12.5. The van der Waals surface area contributed by atoms with Gasteiger partial charge in [-0.05, 0) is 61.5 Å². The smallest absolute Gasteiger partial charge is 0.269 e. The van der Waals surface area contributed by atoms with E-state index in [0.717, 1.165) is 37.8 Å². The van der Waals surface area contributed by atoms with E-state index >= 15 is 0 Å². The van der Waals surface area contributed by atoms with Crippen LogP contribution in [0.3, 0.4) is 0 Å². The van der Waals surface area contributed by atoms with E-state index in [2.05, 4.69) is 10.3 Å². The van der Waals surface area contributed by atoms with Gasteiger partial charge in [-0.15, -0.1) is 0 Å². The molecule has 2 saturated carbocycles. The molecular weight excluding hydrogens is 280 g/mol. The summed E-state index contributed by atoms with van der Waals surface area (Å²) < 4.78 is 0. The van der Waals surface area contributed by atoms with Crippen molar-refractivity contribution in [2.45, 2.75) is 44.3 Å². The second-order valence-corrected chi connectivity index (χ2v) is 7.00. The third kappa shape index (κ3) is 2.23. The molecule has 4 rings (SSSR count). The molecule has 2 bridgehead atoms. The van der Waals surface area contributed by atoms with Gasteiger partial charge in [-0.25, -0.2) is 4.98 Å². The van der Waals surface area contributed by atoms with E-state index in [-0.39, 0.29) is 23.7 Å². The Morgan fingerprint density at radius 1 is 1.23 bits per heavy atom. The van der Waals surface area contributed by atoms with Crippen molar-refractivity contribution in [1.29, 1.82) is 0 Å². The van der Waals surface area contributed by atoms with Crippen molar-refractivity contribution in [3.05, 3.63) is 29.1 Å². The molecule has 1 amide bonds. The highest BCUT2D eigenvalue weighted by atomic mass is 16.3. The van der Waals surface area contributed by atoms with E-state index in [9.17, 15) is 15.0 Å². The molecule has 0 radical (unpaired) electrons. The van der Waals surface area contributed by atoms with E-state index in [1.807, 2.05) is 6.07 Å². The third-order valence-corrected chi connectivity index (χ3v) is 5.74. The van der Waals surface area contributed by atoms with Crippen molar-refractivity contribution in [3.8, 4) is 0 Å². The molecule has 5 atom stereocenters. The molecule has 5 heteroatoms. The van der Waals surface area contributed by atoms with Crippen LogP contribution in [0.5, 0.6) is 0 Å². The molecule has 0 spiro atoms. The van der Waals surface area contributed by atoms with Gasteiger partial charge in [0.2, 0.25) is 0 Å². The van der Waals surface area contributed by atoms with E-state index in [1.165, 1.54) is 5.56 Å². The lowest BCUT2D eigenvalue weighted by Gasteiger charge is -2.29. The van der Waals surface area contributed by atoms with Crippen LogP contribution in [-0.4, -0.2) is 39.9 Å². The minimum atomic E-state index is -0.626. The average molecular weight is 302 g/mol. The molecule has 1 heterocycles.